The molecule has 1 aliphatic rings. The second-order valence-corrected chi connectivity index (χ2v) is 7.14. The molecule has 25 heavy (non-hydrogen) atoms. The first-order valence-electron chi connectivity index (χ1n) is 8.44. The zero-order valence-electron chi connectivity index (χ0n) is 14.1. The maximum atomic E-state index is 9.54. The summed E-state index contributed by atoms with van der Waals surface area (Å²) in [6, 6.07) is 10.7. The number of thiazole rings is 1. The molecule has 3 aromatic rings. The molecule has 0 bridgehead atoms. The molecule has 1 fully saturated rings. The first kappa shape index (κ1) is 16.0. The highest BCUT2D eigenvalue weighted by atomic mass is 32.1. The van der Waals surface area contributed by atoms with E-state index in [1.54, 1.807) is 17.5 Å². The van der Waals surface area contributed by atoms with Crippen LogP contribution in [0.2, 0.25) is 0 Å². The molecular weight excluding hydrogens is 330 g/mol. The minimum absolute atomic E-state index is 0.340. The van der Waals surface area contributed by atoms with Gasteiger partial charge >= 0.3 is 0 Å². The van der Waals surface area contributed by atoms with Gasteiger partial charge in [-0.2, -0.15) is 5.26 Å². The smallest absolute Gasteiger partial charge is 0.109 e. The highest BCUT2D eigenvalue weighted by Crippen LogP contribution is 2.31. The molecule has 1 unspecified atom stereocenters. The van der Waals surface area contributed by atoms with Gasteiger partial charge in [-0.05, 0) is 13.0 Å². The third-order valence-corrected chi connectivity index (χ3v) is 5.80. The fraction of sp³-hybridized carbons (Fsp3) is 0.316. The number of para-hydroxylation sites is 1. The number of hydrogen-bond donors (Lipinski definition) is 0. The van der Waals surface area contributed by atoms with Crippen molar-refractivity contribution in [3.63, 3.8) is 0 Å². The zero-order valence-corrected chi connectivity index (χ0v) is 14.9. The summed E-state index contributed by atoms with van der Waals surface area (Å²) < 4.78 is 0. The van der Waals surface area contributed by atoms with Gasteiger partial charge in [-0.3, -0.25) is 9.88 Å². The number of nitriles is 1. The van der Waals surface area contributed by atoms with E-state index in [0.717, 1.165) is 42.8 Å². The van der Waals surface area contributed by atoms with Crippen LogP contribution < -0.4 is 4.90 Å². The summed E-state index contributed by atoms with van der Waals surface area (Å²) in [6.07, 6.45) is 3.57. The summed E-state index contributed by atoms with van der Waals surface area (Å²) in [5.74, 6) is 0. The highest BCUT2D eigenvalue weighted by molar-refractivity contribution is 7.09. The SMILES string of the molecule is CC(c1nccs1)N1CCN(c2c(C#N)cnc3ccccc23)CC1. The molecule has 0 radical (unpaired) electrons. The molecule has 1 saturated heterocycles. The Hall–Kier alpha value is -2.49. The van der Waals surface area contributed by atoms with E-state index in [9.17, 15) is 5.26 Å². The Morgan fingerprint density at radius 3 is 2.68 bits per heavy atom. The topological polar surface area (TPSA) is 56.1 Å². The van der Waals surface area contributed by atoms with E-state index in [0.29, 0.717) is 11.6 Å². The Bertz CT molecular complexity index is 907. The van der Waals surface area contributed by atoms with Gasteiger partial charge in [0.25, 0.3) is 0 Å². The number of nitrogens with zero attached hydrogens (tertiary/aromatic N) is 5. The number of aromatic nitrogens is 2. The minimum Gasteiger partial charge on any atom is -0.367 e. The van der Waals surface area contributed by atoms with E-state index < -0.39 is 0 Å². The van der Waals surface area contributed by atoms with Gasteiger partial charge in [0.15, 0.2) is 0 Å². The lowest BCUT2D eigenvalue weighted by Crippen LogP contribution is -2.47. The van der Waals surface area contributed by atoms with Crippen LogP contribution in [0.4, 0.5) is 5.69 Å². The Morgan fingerprint density at radius 2 is 1.96 bits per heavy atom. The van der Waals surface area contributed by atoms with E-state index in [1.165, 1.54) is 5.01 Å². The Balaban J connectivity index is 1.59. The molecule has 126 valence electrons. The molecule has 5 nitrogen and oxygen atoms in total. The number of rotatable bonds is 3. The lowest BCUT2D eigenvalue weighted by atomic mass is 10.1. The van der Waals surface area contributed by atoms with E-state index >= 15 is 0 Å². The molecular formula is C19H19N5S. The molecule has 0 spiro atoms. The van der Waals surface area contributed by atoms with Crippen molar-refractivity contribution in [2.45, 2.75) is 13.0 Å². The quantitative estimate of drug-likeness (QED) is 0.725. The van der Waals surface area contributed by atoms with Gasteiger partial charge in [-0.1, -0.05) is 18.2 Å². The van der Waals surface area contributed by atoms with Crippen molar-refractivity contribution in [2.75, 3.05) is 31.1 Å². The van der Waals surface area contributed by atoms with Crippen LogP contribution >= 0.6 is 11.3 Å². The van der Waals surface area contributed by atoms with Crippen molar-refractivity contribution in [3.05, 3.63) is 52.6 Å². The molecule has 0 saturated carbocycles. The predicted octanol–water partition coefficient (Wildman–Crippen LogP) is 3.45. The maximum Gasteiger partial charge on any atom is 0.109 e. The average Bonchev–Trinajstić information content (AvgIpc) is 3.21. The van der Waals surface area contributed by atoms with E-state index in [4.69, 9.17) is 0 Å². The number of pyridine rings is 1. The monoisotopic (exact) mass is 349 g/mol. The van der Waals surface area contributed by atoms with Gasteiger partial charge < -0.3 is 4.90 Å². The van der Waals surface area contributed by atoms with E-state index in [-0.39, 0.29) is 0 Å². The van der Waals surface area contributed by atoms with Crippen molar-refractivity contribution in [3.8, 4) is 6.07 Å². The van der Waals surface area contributed by atoms with Crippen LogP contribution in [0.15, 0.2) is 42.0 Å². The minimum atomic E-state index is 0.340. The van der Waals surface area contributed by atoms with Gasteiger partial charge in [-0.15, -0.1) is 11.3 Å². The Morgan fingerprint density at radius 1 is 1.16 bits per heavy atom. The average molecular weight is 349 g/mol. The van der Waals surface area contributed by atoms with Crippen molar-refractivity contribution < 1.29 is 0 Å². The van der Waals surface area contributed by atoms with Crippen LogP contribution in [0.5, 0.6) is 0 Å². The largest absolute Gasteiger partial charge is 0.367 e. The second kappa shape index (κ2) is 6.79. The van der Waals surface area contributed by atoms with Crippen LogP contribution in [0.3, 0.4) is 0 Å². The van der Waals surface area contributed by atoms with Gasteiger partial charge in [0.05, 0.1) is 22.8 Å². The Kier molecular flexibility index (Phi) is 4.35. The zero-order chi connectivity index (χ0) is 17.2. The van der Waals surface area contributed by atoms with Crippen LogP contribution in [-0.2, 0) is 0 Å². The lowest BCUT2D eigenvalue weighted by Gasteiger charge is -2.39. The van der Waals surface area contributed by atoms with Gasteiger partial charge in [-0.25, -0.2) is 4.98 Å². The summed E-state index contributed by atoms with van der Waals surface area (Å²) in [5.41, 5.74) is 2.62. The fourth-order valence-electron chi connectivity index (χ4n) is 3.48. The summed E-state index contributed by atoms with van der Waals surface area (Å²) in [5, 5.41) is 13.8. The summed E-state index contributed by atoms with van der Waals surface area (Å²) in [7, 11) is 0. The van der Waals surface area contributed by atoms with Gasteiger partial charge in [0.2, 0.25) is 0 Å². The standard InChI is InChI=1S/C19H19N5S/c1-14(19-21-6-11-25-19)23-7-9-24(10-8-23)18-15(12-20)13-22-17-5-3-2-4-16(17)18/h2-6,11,13-14H,7-10H2,1H3. The molecule has 2 aromatic heterocycles. The van der Waals surface area contributed by atoms with Crippen LogP contribution in [-0.4, -0.2) is 41.0 Å². The molecule has 1 aromatic carbocycles. The lowest BCUT2D eigenvalue weighted by molar-refractivity contribution is 0.198. The normalized spacial score (nSPS) is 16.7. The molecule has 6 heteroatoms. The van der Waals surface area contributed by atoms with Crippen molar-refractivity contribution in [2.24, 2.45) is 0 Å². The first-order chi connectivity index (χ1) is 12.3. The molecule has 1 aliphatic heterocycles. The molecule has 3 heterocycles. The van der Waals surface area contributed by atoms with E-state index in [1.807, 2.05) is 29.8 Å². The third kappa shape index (κ3) is 2.97. The number of fused-ring (bicyclic) bond motifs is 1. The summed E-state index contributed by atoms with van der Waals surface area (Å²) in [6.45, 7) is 5.94. The van der Waals surface area contributed by atoms with Crippen LogP contribution in [0.25, 0.3) is 10.9 Å². The van der Waals surface area contributed by atoms with Gasteiger partial charge in [0, 0.05) is 49.3 Å². The maximum absolute atomic E-state index is 9.54. The highest BCUT2D eigenvalue weighted by Gasteiger charge is 2.25. The van der Waals surface area contributed by atoms with Crippen LogP contribution in [0, 0.1) is 11.3 Å². The number of piperazine rings is 1. The first-order valence-corrected chi connectivity index (χ1v) is 9.32. The number of benzene rings is 1. The number of hydrogen-bond acceptors (Lipinski definition) is 6. The fourth-order valence-corrected chi connectivity index (χ4v) is 4.21. The second-order valence-electron chi connectivity index (χ2n) is 6.22. The Labute approximate surface area is 151 Å². The molecule has 0 amide bonds. The third-order valence-electron chi connectivity index (χ3n) is 4.85. The van der Waals surface area contributed by atoms with Crippen molar-refractivity contribution in [1.29, 1.82) is 5.26 Å². The van der Waals surface area contributed by atoms with Crippen molar-refractivity contribution in [1.82, 2.24) is 14.9 Å². The molecule has 0 N–H and O–H groups in total. The predicted molar refractivity (Wildman–Crippen MR) is 101 cm³/mol. The summed E-state index contributed by atoms with van der Waals surface area (Å²) in [4.78, 5) is 13.7. The van der Waals surface area contributed by atoms with E-state index in [2.05, 4.69) is 38.8 Å². The summed E-state index contributed by atoms with van der Waals surface area (Å²) >= 11 is 1.71. The van der Waals surface area contributed by atoms with Crippen molar-refractivity contribution >= 4 is 27.9 Å². The molecule has 0 aliphatic carbocycles. The molecule has 4 rings (SSSR count). The van der Waals surface area contributed by atoms with Gasteiger partial charge in [0.1, 0.15) is 11.1 Å². The van der Waals surface area contributed by atoms with Crippen LogP contribution in [0.1, 0.15) is 23.5 Å². The molecule has 1 atom stereocenters. The number of anilines is 1.